The van der Waals surface area contributed by atoms with E-state index in [4.69, 9.17) is 4.74 Å². The Morgan fingerprint density at radius 2 is 1.94 bits per heavy atom. The summed E-state index contributed by atoms with van der Waals surface area (Å²) in [5.74, 6) is 1.70. The fourth-order valence-corrected chi connectivity index (χ4v) is 4.63. The Morgan fingerprint density at radius 3 is 2.66 bits per heavy atom. The molecule has 1 amide bonds. The number of likely N-dealkylation sites (tertiary alicyclic amines) is 1. The van der Waals surface area contributed by atoms with Crippen LogP contribution in [-0.2, 0) is 24.3 Å². The van der Waals surface area contributed by atoms with Crippen molar-refractivity contribution in [2.24, 2.45) is 0 Å². The van der Waals surface area contributed by atoms with Gasteiger partial charge < -0.3 is 10.1 Å². The maximum Gasteiger partial charge on any atom is 0.242 e. The van der Waals surface area contributed by atoms with Gasteiger partial charge in [-0.05, 0) is 42.7 Å². The molecule has 0 saturated carbocycles. The van der Waals surface area contributed by atoms with E-state index in [9.17, 15) is 9.18 Å². The van der Waals surface area contributed by atoms with Crippen molar-refractivity contribution in [2.75, 3.05) is 20.2 Å². The summed E-state index contributed by atoms with van der Waals surface area (Å²) in [6.45, 7) is 2.78. The first-order valence-electron chi connectivity index (χ1n) is 10.9. The number of nitrogens with zero attached hydrogens (tertiary/aromatic N) is 4. The normalized spacial score (nSPS) is 18.1. The first-order chi connectivity index (χ1) is 15.5. The number of methoxy groups -OCH3 is 1. The second kappa shape index (κ2) is 8.35. The smallest absolute Gasteiger partial charge is 0.242 e. The van der Waals surface area contributed by atoms with E-state index in [2.05, 4.69) is 32.4 Å². The molecule has 7 nitrogen and oxygen atoms in total. The number of carbonyl (C=O) groups excluding carboxylic acids is 1. The minimum Gasteiger partial charge on any atom is -0.497 e. The van der Waals surface area contributed by atoms with Crippen molar-refractivity contribution in [1.29, 1.82) is 0 Å². The number of ether oxygens (including phenoxy) is 1. The highest BCUT2D eigenvalue weighted by molar-refractivity contribution is 5.77. The van der Waals surface area contributed by atoms with Gasteiger partial charge in [0.1, 0.15) is 23.9 Å². The van der Waals surface area contributed by atoms with Crippen molar-refractivity contribution in [1.82, 2.24) is 25.0 Å². The number of carbonyl (C=O) groups is 1. The summed E-state index contributed by atoms with van der Waals surface area (Å²) < 4.78 is 20.5. The van der Waals surface area contributed by atoms with Gasteiger partial charge in [0.05, 0.1) is 7.11 Å². The number of hydrogen-bond donors (Lipinski definition) is 1. The van der Waals surface area contributed by atoms with Gasteiger partial charge in [0.15, 0.2) is 5.82 Å². The van der Waals surface area contributed by atoms with Crippen LogP contribution in [0.15, 0.2) is 48.5 Å². The lowest BCUT2D eigenvalue weighted by Gasteiger charge is -2.41. The fraction of sp³-hybridized carbons (Fsp3) is 0.375. The first kappa shape index (κ1) is 20.6. The highest BCUT2D eigenvalue weighted by atomic mass is 19.1. The zero-order valence-electron chi connectivity index (χ0n) is 18.1. The lowest BCUT2D eigenvalue weighted by atomic mass is 9.84. The number of rotatable bonds is 4. The molecule has 0 unspecified atom stereocenters. The van der Waals surface area contributed by atoms with Gasteiger partial charge in [0.2, 0.25) is 5.91 Å². The first-order valence-corrected chi connectivity index (χ1v) is 10.9. The number of nitrogens with one attached hydrogen (secondary N) is 1. The quantitative estimate of drug-likeness (QED) is 0.682. The summed E-state index contributed by atoms with van der Waals surface area (Å²) in [7, 11) is 1.67. The number of amides is 1. The van der Waals surface area contributed by atoms with Crippen LogP contribution in [0.5, 0.6) is 5.75 Å². The van der Waals surface area contributed by atoms with Crippen LogP contribution in [-0.4, -0.2) is 51.3 Å². The van der Waals surface area contributed by atoms with E-state index in [0.717, 1.165) is 44.0 Å². The van der Waals surface area contributed by atoms with Crippen molar-refractivity contribution >= 4 is 5.91 Å². The molecule has 166 valence electrons. The van der Waals surface area contributed by atoms with Gasteiger partial charge in [-0.2, -0.15) is 5.10 Å². The number of piperidine rings is 1. The molecular weight excluding hydrogens is 409 g/mol. The molecule has 1 N–H and O–H groups in total. The number of fused-ring (bicyclic) bond motifs is 1. The molecule has 1 saturated heterocycles. The molecular formula is C24H26FN5O2. The van der Waals surface area contributed by atoms with Crippen LogP contribution in [0, 0.1) is 5.82 Å². The predicted molar refractivity (Wildman–Crippen MR) is 117 cm³/mol. The maximum atomic E-state index is 13.6. The van der Waals surface area contributed by atoms with Crippen LogP contribution in [0.25, 0.3) is 11.4 Å². The average molecular weight is 436 g/mol. The largest absolute Gasteiger partial charge is 0.497 e. The van der Waals surface area contributed by atoms with E-state index in [-0.39, 0.29) is 23.8 Å². The van der Waals surface area contributed by atoms with Crippen LogP contribution >= 0.6 is 0 Å². The van der Waals surface area contributed by atoms with E-state index < -0.39 is 0 Å². The van der Waals surface area contributed by atoms with Gasteiger partial charge in [-0.25, -0.2) is 14.1 Å². The monoisotopic (exact) mass is 435 g/mol. The van der Waals surface area contributed by atoms with Crippen LogP contribution < -0.4 is 10.1 Å². The summed E-state index contributed by atoms with van der Waals surface area (Å²) in [6.07, 6.45) is 2.31. The summed E-state index contributed by atoms with van der Waals surface area (Å²) >= 11 is 0. The van der Waals surface area contributed by atoms with Gasteiger partial charge >= 0.3 is 0 Å². The van der Waals surface area contributed by atoms with Crippen LogP contribution in [0.3, 0.4) is 0 Å². The zero-order chi connectivity index (χ0) is 22.1. The minimum atomic E-state index is -0.328. The molecule has 0 aliphatic carbocycles. The van der Waals surface area contributed by atoms with E-state index in [1.165, 1.54) is 17.7 Å². The minimum absolute atomic E-state index is 0.0527. The van der Waals surface area contributed by atoms with Crippen LogP contribution in [0.4, 0.5) is 4.39 Å². The Labute approximate surface area is 186 Å². The number of benzene rings is 2. The standard InChI is InChI=1S/C24H26FN5O2/c1-32-20-7-5-17(6-8-20)15-29-11-9-24(10-12-29)14-21-26-23(18-3-2-4-19(25)13-18)28-30(21)16-22(31)27-24/h2-8,13H,9-12,14-16H2,1H3,(H,27,31). The molecule has 3 heterocycles. The zero-order valence-corrected chi connectivity index (χ0v) is 18.1. The summed E-state index contributed by atoms with van der Waals surface area (Å²) in [5, 5.41) is 7.74. The van der Waals surface area contributed by atoms with Crippen molar-refractivity contribution in [3.63, 3.8) is 0 Å². The fourth-order valence-electron chi connectivity index (χ4n) is 4.63. The van der Waals surface area contributed by atoms with Crippen molar-refractivity contribution in [3.05, 3.63) is 65.7 Å². The van der Waals surface area contributed by atoms with Crippen molar-refractivity contribution in [3.8, 4) is 17.1 Å². The molecule has 5 rings (SSSR count). The Balaban J connectivity index is 1.30. The molecule has 32 heavy (non-hydrogen) atoms. The van der Waals surface area contributed by atoms with Crippen LogP contribution in [0.1, 0.15) is 24.2 Å². The molecule has 2 aromatic carbocycles. The third kappa shape index (κ3) is 4.23. The maximum absolute atomic E-state index is 13.6. The molecule has 8 heteroatoms. The Kier molecular flexibility index (Phi) is 5.38. The molecule has 0 atom stereocenters. The third-order valence-electron chi connectivity index (χ3n) is 6.40. The van der Waals surface area contributed by atoms with Crippen LogP contribution in [0.2, 0.25) is 0 Å². The van der Waals surface area contributed by atoms with E-state index in [1.807, 2.05) is 12.1 Å². The predicted octanol–water partition coefficient (Wildman–Crippen LogP) is 2.80. The second-order valence-corrected chi connectivity index (χ2v) is 8.65. The molecule has 2 aliphatic heterocycles. The Bertz CT molecular complexity index is 1120. The molecule has 1 spiro atoms. The Morgan fingerprint density at radius 1 is 1.16 bits per heavy atom. The number of aromatic nitrogens is 3. The third-order valence-corrected chi connectivity index (χ3v) is 6.40. The lowest BCUT2D eigenvalue weighted by molar-refractivity contribution is -0.123. The molecule has 0 radical (unpaired) electrons. The highest BCUT2D eigenvalue weighted by Gasteiger charge is 2.39. The SMILES string of the molecule is COc1ccc(CN2CCC3(CC2)Cc2nc(-c4cccc(F)c4)nn2CC(=O)N3)cc1. The van der Waals surface area contributed by atoms with Crippen molar-refractivity contribution < 1.29 is 13.9 Å². The van der Waals surface area contributed by atoms with Gasteiger partial charge in [0.25, 0.3) is 0 Å². The highest BCUT2D eigenvalue weighted by Crippen LogP contribution is 2.30. The van der Waals surface area contributed by atoms with Gasteiger partial charge in [0, 0.05) is 37.2 Å². The molecule has 3 aromatic rings. The number of hydrogen-bond acceptors (Lipinski definition) is 5. The van der Waals surface area contributed by atoms with E-state index >= 15 is 0 Å². The van der Waals surface area contributed by atoms with Gasteiger partial charge in [-0.1, -0.05) is 24.3 Å². The summed E-state index contributed by atoms with van der Waals surface area (Å²) in [5.41, 5.74) is 1.54. The topological polar surface area (TPSA) is 72.3 Å². The van der Waals surface area contributed by atoms with Gasteiger partial charge in [-0.15, -0.1) is 0 Å². The van der Waals surface area contributed by atoms with Gasteiger partial charge in [-0.3, -0.25) is 9.69 Å². The molecule has 1 fully saturated rings. The molecule has 1 aromatic heterocycles. The van der Waals surface area contributed by atoms with Crippen molar-refractivity contribution in [2.45, 2.75) is 37.9 Å². The lowest BCUT2D eigenvalue weighted by Crippen LogP contribution is -2.56. The summed E-state index contributed by atoms with van der Waals surface area (Å²) in [6, 6.07) is 14.4. The average Bonchev–Trinajstić information content (AvgIpc) is 3.12. The van der Waals surface area contributed by atoms with E-state index in [1.54, 1.807) is 23.9 Å². The van der Waals surface area contributed by atoms with E-state index in [0.29, 0.717) is 17.8 Å². The molecule has 0 bridgehead atoms. The molecule has 2 aliphatic rings. The number of halogens is 1. The Hall–Kier alpha value is -3.26. The summed E-state index contributed by atoms with van der Waals surface area (Å²) in [4.78, 5) is 19.8. The second-order valence-electron chi connectivity index (χ2n) is 8.65.